The molecule has 0 atom stereocenters. The highest BCUT2D eigenvalue weighted by atomic mass is 79.9. The number of nitrogens with two attached hydrogens (primary N) is 1. The SMILES string of the molecule is N#CCc1c(Br)cnc(C(F)F)c1N. The van der Waals surface area contributed by atoms with Gasteiger partial charge in [-0.05, 0) is 15.9 Å². The molecule has 1 aromatic rings. The van der Waals surface area contributed by atoms with E-state index in [0.717, 1.165) is 0 Å². The standard InChI is InChI=1S/C8H6BrF2N3/c9-5-3-14-7(8(10)11)6(13)4(5)1-2-12/h3,8H,1,13H2. The molecule has 0 fully saturated rings. The molecule has 0 amide bonds. The largest absolute Gasteiger partial charge is 0.397 e. The van der Waals surface area contributed by atoms with Gasteiger partial charge in [-0.25, -0.2) is 8.78 Å². The Hall–Kier alpha value is -1.22. The second kappa shape index (κ2) is 4.33. The predicted octanol–water partition coefficient (Wildman–Crippen LogP) is 2.43. The summed E-state index contributed by atoms with van der Waals surface area (Å²) in [4.78, 5) is 3.49. The zero-order valence-electron chi connectivity index (χ0n) is 6.97. The number of hydrogen-bond donors (Lipinski definition) is 1. The summed E-state index contributed by atoms with van der Waals surface area (Å²) in [6.07, 6.45) is -1.51. The average Bonchev–Trinajstić information content (AvgIpc) is 2.11. The van der Waals surface area contributed by atoms with Crippen LogP contribution in [0.4, 0.5) is 14.5 Å². The summed E-state index contributed by atoms with van der Waals surface area (Å²) in [5.74, 6) is 0. The molecule has 0 aliphatic carbocycles. The molecule has 6 heteroatoms. The summed E-state index contributed by atoms with van der Waals surface area (Å²) in [7, 11) is 0. The first-order valence-electron chi connectivity index (χ1n) is 3.65. The fourth-order valence-electron chi connectivity index (χ4n) is 0.990. The van der Waals surface area contributed by atoms with E-state index < -0.39 is 12.1 Å². The molecule has 74 valence electrons. The minimum atomic E-state index is -2.72. The molecule has 0 spiro atoms. The van der Waals surface area contributed by atoms with Gasteiger partial charge in [0, 0.05) is 16.2 Å². The van der Waals surface area contributed by atoms with Crippen molar-refractivity contribution in [1.82, 2.24) is 4.98 Å². The van der Waals surface area contributed by atoms with Gasteiger partial charge in [0.1, 0.15) is 5.69 Å². The lowest BCUT2D eigenvalue weighted by Crippen LogP contribution is -2.03. The number of hydrogen-bond acceptors (Lipinski definition) is 3. The van der Waals surface area contributed by atoms with Crippen molar-refractivity contribution in [3.05, 3.63) is 21.9 Å². The van der Waals surface area contributed by atoms with E-state index in [1.807, 2.05) is 6.07 Å². The third-order valence-corrected chi connectivity index (χ3v) is 2.35. The molecule has 0 aromatic carbocycles. The summed E-state index contributed by atoms with van der Waals surface area (Å²) in [5, 5.41) is 8.46. The molecule has 0 saturated carbocycles. The van der Waals surface area contributed by atoms with Gasteiger partial charge in [-0.3, -0.25) is 4.98 Å². The van der Waals surface area contributed by atoms with Gasteiger partial charge in [-0.15, -0.1) is 0 Å². The maximum Gasteiger partial charge on any atom is 0.282 e. The zero-order valence-corrected chi connectivity index (χ0v) is 8.55. The fourth-order valence-corrected chi connectivity index (χ4v) is 1.45. The van der Waals surface area contributed by atoms with E-state index in [9.17, 15) is 8.78 Å². The maximum atomic E-state index is 12.3. The van der Waals surface area contributed by atoms with Gasteiger partial charge < -0.3 is 5.73 Å². The van der Waals surface area contributed by atoms with E-state index in [2.05, 4.69) is 20.9 Å². The highest BCUT2D eigenvalue weighted by molar-refractivity contribution is 9.10. The summed E-state index contributed by atoms with van der Waals surface area (Å²) in [5.41, 5.74) is 5.22. The molecule has 0 unspecified atom stereocenters. The molecule has 14 heavy (non-hydrogen) atoms. The molecular formula is C8H6BrF2N3. The van der Waals surface area contributed by atoms with Crippen LogP contribution >= 0.6 is 15.9 Å². The van der Waals surface area contributed by atoms with E-state index in [4.69, 9.17) is 11.0 Å². The molecule has 1 aromatic heterocycles. The Morgan fingerprint density at radius 2 is 2.29 bits per heavy atom. The zero-order chi connectivity index (χ0) is 10.7. The van der Waals surface area contributed by atoms with Gasteiger partial charge >= 0.3 is 0 Å². The van der Waals surface area contributed by atoms with Crippen LogP contribution in [-0.4, -0.2) is 4.98 Å². The number of alkyl halides is 2. The second-order valence-corrected chi connectivity index (χ2v) is 3.37. The Kier molecular flexibility index (Phi) is 3.36. The Labute approximate surface area is 87.7 Å². The number of halogens is 3. The summed E-state index contributed by atoms with van der Waals surface area (Å²) >= 11 is 3.09. The normalized spacial score (nSPS) is 10.2. The van der Waals surface area contributed by atoms with E-state index >= 15 is 0 Å². The van der Waals surface area contributed by atoms with Crippen molar-refractivity contribution >= 4 is 21.6 Å². The van der Waals surface area contributed by atoms with Crippen molar-refractivity contribution in [2.24, 2.45) is 0 Å². The quantitative estimate of drug-likeness (QED) is 0.890. The van der Waals surface area contributed by atoms with Gasteiger partial charge in [0.15, 0.2) is 0 Å². The van der Waals surface area contributed by atoms with Crippen LogP contribution in [0.25, 0.3) is 0 Å². The lowest BCUT2D eigenvalue weighted by molar-refractivity contribution is 0.147. The van der Waals surface area contributed by atoms with Crippen LogP contribution in [0, 0.1) is 11.3 Å². The van der Waals surface area contributed by atoms with Crippen molar-refractivity contribution in [2.75, 3.05) is 5.73 Å². The fraction of sp³-hybridized carbons (Fsp3) is 0.250. The van der Waals surface area contributed by atoms with Crippen LogP contribution in [0.3, 0.4) is 0 Å². The maximum absolute atomic E-state index is 12.3. The molecule has 0 radical (unpaired) electrons. The lowest BCUT2D eigenvalue weighted by atomic mass is 10.1. The third-order valence-electron chi connectivity index (χ3n) is 1.67. The molecule has 3 nitrogen and oxygen atoms in total. The molecule has 0 saturated heterocycles. The third kappa shape index (κ3) is 1.99. The van der Waals surface area contributed by atoms with Crippen LogP contribution in [0.2, 0.25) is 0 Å². The summed E-state index contributed by atoms with van der Waals surface area (Å²) in [6.45, 7) is 0. The van der Waals surface area contributed by atoms with E-state index in [-0.39, 0.29) is 12.1 Å². The van der Waals surface area contributed by atoms with Crippen molar-refractivity contribution in [3.63, 3.8) is 0 Å². The highest BCUT2D eigenvalue weighted by Gasteiger charge is 2.17. The molecule has 0 aliphatic rings. The topological polar surface area (TPSA) is 62.7 Å². The van der Waals surface area contributed by atoms with Gasteiger partial charge in [0.25, 0.3) is 6.43 Å². The number of anilines is 1. The van der Waals surface area contributed by atoms with Gasteiger partial charge in [0.05, 0.1) is 18.2 Å². The van der Waals surface area contributed by atoms with Crippen molar-refractivity contribution in [2.45, 2.75) is 12.8 Å². The molecular weight excluding hydrogens is 256 g/mol. The van der Waals surface area contributed by atoms with Crippen LogP contribution < -0.4 is 5.73 Å². The summed E-state index contributed by atoms with van der Waals surface area (Å²) in [6, 6.07) is 1.85. The van der Waals surface area contributed by atoms with Crippen LogP contribution in [0.5, 0.6) is 0 Å². The van der Waals surface area contributed by atoms with Crippen molar-refractivity contribution in [3.8, 4) is 6.07 Å². The highest BCUT2D eigenvalue weighted by Crippen LogP contribution is 2.30. The minimum Gasteiger partial charge on any atom is -0.397 e. The molecule has 0 aliphatic heterocycles. The van der Waals surface area contributed by atoms with Gasteiger partial charge in [-0.1, -0.05) is 0 Å². The lowest BCUT2D eigenvalue weighted by Gasteiger charge is -2.08. The van der Waals surface area contributed by atoms with Gasteiger partial charge in [-0.2, -0.15) is 5.26 Å². The Morgan fingerprint density at radius 3 is 2.79 bits per heavy atom. The van der Waals surface area contributed by atoms with Crippen molar-refractivity contribution < 1.29 is 8.78 Å². The average molecular weight is 262 g/mol. The summed E-state index contributed by atoms with van der Waals surface area (Å²) < 4.78 is 25.2. The molecule has 1 rings (SSSR count). The minimum absolute atomic E-state index is 0.0192. The number of nitrogens with zero attached hydrogens (tertiary/aromatic N) is 2. The second-order valence-electron chi connectivity index (χ2n) is 2.52. The number of nitriles is 1. The Morgan fingerprint density at radius 1 is 1.64 bits per heavy atom. The monoisotopic (exact) mass is 261 g/mol. The molecule has 1 heterocycles. The first-order chi connectivity index (χ1) is 6.57. The number of pyridine rings is 1. The van der Waals surface area contributed by atoms with Crippen LogP contribution in [0.15, 0.2) is 10.7 Å². The number of rotatable bonds is 2. The number of aromatic nitrogens is 1. The van der Waals surface area contributed by atoms with E-state index in [1.165, 1.54) is 6.20 Å². The van der Waals surface area contributed by atoms with E-state index in [1.54, 1.807) is 0 Å². The first-order valence-corrected chi connectivity index (χ1v) is 4.45. The van der Waals surface area contributed by atoms with Crippen molar-refractivity contribution in [1.29, 1.82) is 5.26 Å². The van der Waals surface area contributed by atoms with Crippen LogP contribution in [-0.2, 0) is 6.42 Å². The molecule has 0 bridgehead atoms. The first kappa shape index (κ1) is 10.9. The molecule has 2 N–H and O–H groups in total. The Bertz CT molecular complexity index is 387. The van der Waals surface area contributed by atoms with Gasteiger partial charge in [0.2, 0.25) is 0 Å². The van der Waals surface area contributed by atoms with E-state index in [0.29, 0.717) is 10.0 Å². The smallest absolute Gasteiger partial charge is 0.282 e. The van der Waals surface area contributed by atoms with Crippen LogP contribution in [0.1, 0.15) is 17.7 Å². The number of nitrogen functional groups attached to an aromatic ring is 1. The Balaban J connectivity index is 3.27. The predicted molar refractivity (Wildman–Crippen MR) is 50.6 cm³/mol.